The first-order valence-corrected chi connectivity index (χ1v) is 7.11. The van der Waals surface area contributed by atoms with Crippen LogP contribution in [0.4, 0.5) is 0 Å². The zero-order chi connectivity index (χ0) is 15.0. The Kier molecular flexibility index (Phi) is 3.53. The molecule has 0 bridgehead atoms. The number of hydroxylamine groups is 1. The van der Waals surface area contributed by atoms with Gasteiger partial charge in [-0.15, -0.1) is 4.74 Å². The molecule has 0 radical (unpaired) electrons. The first-order chi connectivity index (χ1) is 10.2. The second kappa shape index (κ2) is 5.35. The summed E-state index contributed by atoms with van der Waals surface area (Å²) < 4.78 is 19.1. The maximum atomic E-state index is 12.7. The van der Waals surface area contributed by atoms with E-state index in [0.717, 1.165) is 36.2 Å². The molecule has 0 fully saturated rings. The number of hydrogen-bond acceptors (Lipinski definition) is 4. The highest BCUT2D eigenvalue weighted by Gasteiger charge is 2.37. The van der Waals surface area contributed by atoms with E-state index >= 15 is 0 Å². The smallest absolute Gasteiger partial charge is 0.408 e. The summed E-state index contributed by atoms with van der Waals surface area (Å²) in [5, 5.41) is 12.7. The number of fused-ring (bicyclic) bond motifs is 2. The molecule has 0 N–H and O–H groups in total. The van der Waals surface area contributed by atoms with Gasteiger partial charge in [0.15, 0.2) is 17.2 Å². The van der Waals surface area contributed by atoms with Crippen LogP contribution >= 0.6 is 0 Å². The highest BCUT2D eigenvalue weighted by atomic mass is 16.5. The summed E-state index contributed by atoms with van der Waals surface area (Å²) in [6.45, 7) is 0.729. The van der Waals surface area contributed by atoms with E-state index in [1.165, 1.54) is 7.11 Å². The van der Waals surface area contributed by atoms with Crippen LogP contribution in [0.3, 0.4) is 0 Å². The maximum absolute atomic E-state index is 12.7. The number of ether oxygens (including phenoxy) is 3. The molecule has 2 heterocycles. The van der Waals surface area contributed by atoms with Gasteiger partial charge in [-0.3, -0.25) is 0 Å². The molecular weight excluding hydrogens is 272 g/mol. The van der Waals surface area contributed by atoms with Crippen molar-refractivity contribution in [1.29, 1.82) is 0 Å². The Morgan fingerprint density at radius 3 is 2.71 bits per heavy atom. The van der Waals surface area contributed by atoms with Crippen LogP contribution in [0.2, 0.25) is 0 Å². The van der Waals surface area contributed by atoms with Gasteiger partial charge in [0.2, 0.25) is 5.69 Å². The van der Waals surface area contributed by atoms with E-state index in [9.17, 15) is 5.21 Å². The van der Waals surface area contributed by atoms with E-state index in [-0.39, 0.29) is 11.8 Å². The van der Waals surface area contributed by atoms with Gasteiger partial charge in [0, 0.05) is 6.54 Å². The fourth-order valence-electron chi connectivity index (χ4n) is 3.21. The first kappa shape index (κ1) is 13.9. The van der Waals surface area contributed by atoms with Crippen LogP contribution in [-0.2, 0) is 11.3 Å². The number of aromatic nitrogens is 1. The second-order valence-electron chi connectivity index (χ2n) is 5.29. The van der Waals surface area contributed by atoms with Crippen molar-refractivity contribution in [3.05, 3.63) is 28.9 Å². The molecule has 114 valence electrons. The normalized spacial score (nSPS) is 21.1. The zero-order valence-electron chi connectivity index (χ0n) is 12.6. The molecule has 2 aliphatic rings. The largest absolute Gasteiger partial charge is 0.616 e. The molecule has 0 saturated heterocycles. The molecule has 1 atom stereocenters. The van der Waals surface area contributed by atoms with Gasteiger partial charge < -0.3 is 24.0 Å². The molecule has 1 aliphatic heterocycles. The lowest BCUT2D eigenvalue weighted by atomic mass is 9.92. The predicted octanol–water partition coefficient (Wildman–Crippen LogP) is 2.11. The highest BCUT2D eigenvalue weighted by Crippen LogP contribution is 2.38. The maximum Gasteiger partial charge on any atom is 0.408 e. The van der Waals surface area contributed by atoms with Gasteiger partial charge in [0.1, 0.15) is 0 Å². The molecule has 1 aromatic heterocycles. The minimum absolute atomic E-state index is 0.199. The summed E-state index contributed by atoms with van der Waals surface area (Å²) in [5.74, 6) is 1.60. The Morgan fingerprint density at radius 2 is 2.05 bits per heavy atom. The lowest BCUT2D eigenvalue weighted by molar-refractivity contribution is -0.421. The summed E-state index contributed by atoms with van der Waals surface area (Å²) in [5.41, 5.74) is 1.44. The second-order valence-corrected chi connectivity index (χ2v) is 5.29. The molecule has 0 saturated carbocycles. The minimum atomic E-state index is 0.199. The van der Waals surface area contributed by atoms with Crippen LogP contribution < -0.4 is 9.47 Å². The van der Waals surface area contributed by atoms with Crippen molar-refractivity contribution in [3.63, 3.8) is 0 Å². The minimum Gasteiger partial charge on any atom is -0.616 e. The average Bonchev–Trinajstić information content (AvgIpc) is 2.80. The first-order valence-electron chi connectivity index (χ1n) is 7.11. The fraction of sp³-hybridized carbons (Fsp3) is 0.533. The topological polar surface area (TPSA) is 58.7 Å². The molecule has 1 unspecified atom stereocenters. The Balaban J connectivity index is 2.24. The average molecular weight is 292 g/mol. The number of rotatable bonds is 2. The van der Waals surface area contributed by atoms with Crippen LogP contribution in [-0.4, -0.2) is 36.5 Å². The lowest BCUT2D eigenvalue weighted by Gasteiger charge is -2.20. The zero-order valence-corrected chi connectivity index (χ0v) is 12.6. The Labute approximate surface area is 123 Å². The van der Waals surface area contributed by atoms with Crippen LogP contribution in [0.25, 0.3) is 0 Å². The highest BCUT2D eigenvalue weighted by molar-refractivity contribution is 5.93. The molecule has 0 aromatic carbocycles. The van der Waals surface area contributed by atoms with Gasteiger partial charge in [-0.05, 0) is 25.3 Å². The molecule has 21 heavy (non-hydrogen) atoms. The third-order valence-electron chi connectivity index (χ3n) is 4.18. The van der Waals surface area contributed by atoms with Crippen molar-refractivity contribution >= 4 is 5.90 Å². The quantitative estimate of drug-likeness (QED) is 0.619. The van der Waals surface area contributed by atoms with E-state index in [1.807, 2.05) is 16.8 Å². The van der Waals surface area contributed by atoms with Crippen molar-refractivity contribution in [2.75, 3.05) is 21.3 Å². The lowest BCUT2D eigenvalue weighted by Crippen LogP contribution is -2.22. The molecule has 0 spiro atoms. The van der Waals surface area contributed by atoms with E-state index in [2.05, 4.69) is 0 Å². The van der Waals surface area contributed by atoms with Crippen molar-refractivity contribution in [1.82, 2.24) is 4.57 Å². The molecule has 6 heteroatoms. The molecular formula is C15H20N2O4. The van der Waals surface area contributed by atoms with Crippen LogP contribution in [0.1, 0.15) is 25.0 Å². The van der Waals surface area contributed by atoms with Crippen molar-refractivity contribution in [3.8, 4) is 11.5 Å². The van der Waals surface area contributed by atoms with Gasteiger partial charge in [-0.1, -0.05) is 0 Å². The molecule has 1 aromatic rings. The van der Waals surface area contributed by atoms with Crippen molar-refractivity contribution < 1.29 is 18.9 Å². The summed E-state index contributed by atoms with van der Waals surface area (Å²) in [6, 6.07) is 0. The Bertz CT molecular complexity index is 615. The van der Waals surface area contributed by atoms with E-state index in [1.54, 1.807) is 14.2 Å². The van der Waals surface area contributed by atoms with Crippen LogP contribution in [0.15, 0.2) is 18.0 Å². The van der Waals surface area contributed by atoms with E-state index < -0.39 is 0 Å². The van der Waals surface area contributed by atoms with Gasteiger partial charge in [0.05, 0.1) is 33.4 Å². The molecule has 6 nitrogen and oxygen atoms in total. The summed E-state index contributed by atoms with van der Waals surface area (Å²) in [6.07, 6.45) is 6.95. The Hall–Kier alpha value is -2.11. The molecule has 1 aliphatic carbocycles. The Morgan fingerprint density at radius 1 is 1.24 bits per heavy atom. The predicted molar refractivity (Wildman–Crippen MR) is 77.7 cm³/mol. The van der Waals surface area contributed by atoms with Gasteiger partial charge in [-0.25, -0.2) is 0 Å². The van der Waals surface area contributed by atoms with Gasteiger partial charge in [-0.2, -0.15) is 0 Å². The van der Waals surface area contributed by atoms with E-state index in [0.29, 0.717) is 17.2 Å². The number of methoxy groups -OCH3 is 3. The standard InChI is InChI=1S/C15H20N2O4/c1-19-12-9-16-8-10-6-4-5-7-11(10)17(18)15(21-3)13(16)14(12)20-2/h7,9-10H,4-6,8H2,1-3H3. The summed E-state index contributed by atoms with van der Waals surface area (Å²) in [7, 11) is 4.66. The third kappa shape index (κ3) is 2.05. The number of hydrogen-bond donors (Lipinski definition) is 0. The fourth-order valence-corrected chi connectivity index (χ4v) is 3.21. The third-order valence-corrected chi connectivity index (χ3v) is 4.18. The monoisotopic (exact) mass is 292 g/mol. The molecule has 0 amide bonds. The van der Waals surface area contributed by atoms with Gasteiger partial charge in [0.25, 0.3) is 0 Å². The number of allylic oxidation sites excluding steroid dienone is 2. The summed E-state index contributed by atoms with van der Waals surface area (Å²) in [4.78, 5) is 0. The number of nitrogens with zero attached hydrogens (tertiary/aromatic N) is 2. The van der Waals surface area contributed by atoms with Gasteiger partial charge >= 0.3 is 5.90 Å². The van der Waals surface area contributed by atoms with Crippen molar-refractivity contribution in [2.24, 2.45) is 5.92 Å². The van der Waals surface area contributed by atoms with Crippen LogP contribution in [0, 0.1) is 11.1 Å². The van der Waals surface area contributed by atoms with Crippen molar-refractivity contribution in [2.45, 2.75) is 25.8 Å². The SMILES string of the molecule is COC1=[N+]([O-])C2=CCCCC2Cn2cc(OC)c(OC)c21. The van der Waals surface area contributed by atoms with Crippen LogP contribution in [0.5, 0.6) is 11.5 Å². The molecule has 3 rings (SSSR count). The van der Waals surface area contributed by atoms with E-state index in [4.69, 9.17) is 14.2 Å². The summed E-state index contributed by atoms with van der Waals surface area (Å²) >= 11 is 0.